The van der Waals surface area contributed by atoms with Crippen LogP contribution in [-0.2, 0) is 4.74 Å². The number of amides is 1. The number of hydrogen-bond acceptors (Lipinski definition) is 3. The summed E-state index contributed by atoms with van der Waals surface area (Å²) in [6.07, 6.45) is -0.466. The zero-order valence-corrected chi connectivity index (χ0v) is 10.4. The van der Waals surface area contributed by atoms with E-state index in [4.69, 9.17) is 4.74 Å². The molecule has 1 N–H and O–H groups in total. The van der Waals surface area contributed by atoms with E-state index in [9.17, 15) is 9.18 Å². The molecule has 1 rings (SSSR count). The molecule has 94 valence electrons. The third-order valence-corrected chi connectivity index (χ3v) is 2.52. The van der Waals surface area contributed by atoms with Gasteiger partial charge in [-0.2, -0.15) is 0 Å². The molecule has 1 saturated heterocycles. The fourth-order valence-electron chi connectivity index (χ4n) is 1.87. The smallest absolute Gasteiger partial charge is 0.407 e. The molecule has 5 heteroatoms. The standard InChI is InChI=1S/C11H21FN2O2/c1-11(2,3)16-10(15)13-9-7-14(4)6-8(9)5-12/h8-9H,5-7H2,1-4H3,(H,13,15)/t8-,9+/m0/s1. The van der Waals surface area contributed by atoms with Crippen molar-refractivity contribution in [3.63, 3.8) is 0 Å². The highest BCUT2D eigenvalue weighted by molar-refractivity contribution is 5.68. The predicted octanol–water partition coefficient (Wildman–Crippen LogP) is 1.41. The number of alkyl carbamates (subject to hydrolysis) is 1. The fraction of sp³-hybridized carbons (Fsp3) is 0.909. The van der Waals surface area contributed by atoms with Crippen LogP contribution in [0, 0.1) is 5.92 Å². The van der Waals surface area contributed by atoms with Crippen molar-refractivity contribution in [2.75, 3.05) is 26.8 Å². The Bertz CT molecular complexity index is 253. The molecular formula is C11H21FN2O2. The van der Waals surface area contributed by atoms with Crippen LogP contribution in [0.1, 0.15) is 20.8 Å². The van der Waals surface area contributed by atoms with Crippen LogP contribution >= 0.6 is 0 Å². The molecule has 0 unspecified atom stereocenters. The van der Waals surface area contributed by atoms with Gasteiger partial charge in [0.15, 0.2) is 0 Å². The molecule has 4 nitrogen and oxygen atoms in total. The first kappa shape index (κ1) is 13.2. The van der Waals surface area contributed by atoms with Gasteiger partial charge < -0.3 is 15.0 Å². The quantitative estimate of drug-likeness (QED) is 0.782. The first-order valence-corrected chi connectivity index (χ1v) is 5.56. The molecule has 0 aliphatic carbocycles. The third kappa shape index (κ3) is 3.96. The van der Waals surface area contributed by atoms with E-state index in [0.29, 0.717) is 13.1 Å². The third-order valence-electron chi connectivity index (χ3n) is 2.52. The predicted molar refractivity (Wildman–Crippen MR) is 60.1 cm³/mol. The maximum absolute atomic E-state index is 12.7. The van der Waals surface area contributed by atoms with Crippen LogP contribution in [0.15, 0.2) is 0 Å². The lowest BCUT2D eigenvalue weighted by atomic mass is 10.1. The maximum Gasteiger partial charge on any atom is 0.407 e. The average Bonchev–Trinajstić information content (AvgIpc) is 2.42. The van der Waals surface area contributed by atoms with Gasteiger partial charge in [0, 0.05) is 19.0 Å². The summed E-state index contributed by atoms with van der Waals surface area (Å²) >= 11 is 0. The zero-order chi connectivity index (χ0) is 12.3. The second-order valence-corrected chi connectivity index (χ2v) is 5.39. The van der Waals surface area contributed by atoms with Gasteiger partial charge in [-0.15, -0.1) is 0 Å². The summed E-state index contributed by atoms with van der Waals surface area (Å²) in [5.74, 6) is -0.127. The van der Waals surface area contributed by atoms with Crippen molar-refractivity contribution in [2.45, 2.75) is 32.4 Å². The summed E-state index contributed by atoms with van der Waals surface area (Å²) < 4.78 is 17.8. The molecular weight excluding hydrogens is 211 g/mol. The topological polar surface area (TPSA) is 41.6 Å². The van der Waals surface area contributed by atoms with Gasteiger partial charge in [-0.25, -0.2) is 4.79 Å². The number of carbonyl (C=O) groups is 1. The van der Waals surface area contributed by atoms with Crippen LogP contribution in [0.4, 0.5) is 9.18 Å². The lowest BCUT2D eigenvalue weighted by Gasteiger charge is -2.23. The van der Waals surface area contributed by atoms with Gasteiger partial charge in [-0.05, 0) is 27.8 Å². The van der Waals surface area contributed by atoms with Crippen molar-refractivity contribution >= 4 is 6.09 Å². The van der Waals surface area contributed by atoms with Crippen molar-refractivity contribution in [2.24, 2.45) is 5.92 Å². The molecule has 1 fully saturated rings. The Balaban J connectivity index is 2.44. The molecule has 0 saturated carbocycles. The van der Waals surface area contributed by atoms with Crippen LogP contribution in [0.2, 0.25) is 0 Å². The second-order valence-electron chi connectivity index (χ2n) is 5.39. The molecule has 1 aliphatic rings. The molecule has 1 aliphatic heterocycles. The highest BCUT2D eigenvalue weighted by atomic mass is 19.1. The number of hydrogen-bond donors (Lipinski definition) is 1. The van der Waals surface area contributed by atoms with E-state index in [2.05, 4.69) is 5.32 Å². The Kier molecular flexibility index (Phi) is 4.13. The van der Waals surface area contributed by atoms with Crippen molar-refractivity contribution in [1.82, 2.24) is 10.2 Å². The van der Waals surface area contributed by atoms with Gasteiger partial charge in [0.05, 0.1) is 12.7 Å². The van der Waals surface area contributed by atoms with Gasteiger partial charge >= 0.3 is 6.09 Å². The first-order chi connectivity index (χ1) is 7.31. The number of rotatable bonds is 2. The van der Waals surface area contributed by atoms with Crippen molar-refractivity contribution in [3.8, 4) is 0 Å². The Labute approximate surface area is 96.1 Å². The van der Waals surface area contributed by atoms with E-state index >= 15 is 0 Å². The second kappa shape index (κ2) is 4.99. The van der Waals surface area contributed by atoms with E-state index in [1.165, 1.54) is 0 Å². The van der Waals surface area contributed by atoms with Crippen LogP contribution in [-0.4, -0.2) is 49.4 Å². The zero-order valence-electron chi connectivity index (χ0n) is 10.4. The Morgan fingerprint density at radius 1 is 1.50 bits per heavy atom. The van der Waals surface area contributed by atoms with Gasteiger partial charge in [0.1, 0.15) is 5.60 Å². The van der Waals surface area contributed by atoms with Gasteiger partial charge in [-0.1, -0.05) is 0 Å². The van der Waals surface area contributed by atoms with Crippen LogP contribution in [0.5, 0.6) is 0 Å². The molecule has 0 aromatic heterocycles. The molecule has 1 amide bonds. The lowest BCUT2D eigenvalue weighted by molar-refractivity contribution is 0.0493. The number of likely N-dealkylation sites (N-methyl/N-ethyl adjacent to an activating group) is 1. The highest BCUT2D eigenvalue weighted by Crippen LogP contribution is 2.16. The first-order valence-electron chi connectivity index (χ1n) is 5.56. The van der Waals surface area contributed by atoms with E-state index in [-0.39, 0.29) is 12.0 Å². The Morgan fingerprint density at radius 3 is 2.62 bits per heavy atom. The summed E-state index contributed by atoms with van der Waals surface area (Å²) in [7, 11) is 1.92. The molecule has 0 spiro atoms. The SMILES string of the molecule is CN1C[C@H](CF)[C@H](NC(=O)OC(C)(C)C)C1. The van der Waals surface area contributed by atoms with Crippen molar-refractivity contribution in [3.05, 3.63) is 0 Å². The molecule has 0 aromatic rings. The Hall–Kier alpha value is -0.840. The molecule has 2 atom stereocenters. The maximum atomic E-state index is 12.7. The van der Waals surface area contributed by atoms with Crippen LogP contribution < -0.4 is 5.32 Å². The number of likely N-dealkylation sites (tertiary alicyclic amines) is 1. The minimum Gasteiger partial charge on any atom is -0.444 e. The van der Waals surface area contributed by atoms with E-state index in [1.807, 2.05) is 11.9 Å². The molecule has 0 bridgehead atoms. The van der Waals surface area contributed by atoms with Crippen molar-refractivity contribution < 1.29 is 13.9 Å². The minimum absolute atomic E-state index is 0.127. The number of alkyl halides is 1. The monoisotopic (exact) mass is 232 g/mol. The number of ether oxygens (including phenoxy) is 1. The summed E-state index contributed by atoms with van der Waals surface area (Å²) in [6, 6.07) is -0.148. The number of nitrogens with one attached hydrogen (secondary N) is 1. The van der Waals surface area contributed by atoms with Gasteiger partial charge in [0.25, 0.3) is 0 Å². The Morgan fingerprint density at radius 2 is 2.12 bits per heavy atom. The summed E-state index contributed by atoms with van der Waals surface area (Å²) in [5, 5.41) is 2.72. The van der Waals surface area contributed by atoms with Gasteiger partial charge in [-0.3, -0.25) is 4.39 Å². The number of nitrogens with zero attached hydrogens (tertiary/aromatic N) is 1. The number of halogens is 1. The van der Waals surface area contributed by atoms with E-state index < -0.39 is 18.4 Å². The van der Waals surface area contributed by atoms with E-state index in [0.717, 1.165) is 0 Å². The fourth-order valence-corrected chi connectivity index (χ4v) is 1.87. The highest BCUT2D eigenvalue weighted by Gasteiger charge is 2.32. The summed E-state index contributed by atoms with van der Waals surface area (Å²) in [5.41, 5.74) is -0.514. The molecule has 16 heavy (non-hydrogen) atoms. The number of carbonyl (C=O) groups excluding carboxylic acids is 1. The average molecular weight is 232 g/mol. The molecule has 0 aromatic carbocycles. The largest absolute Gasteiger partial charge is 0.444 e. The minimum atomic E-state index is -0.514. The summed E-state index contributed by atoms with van der Waals surface area (Å²) in [6.45, 7) is 6.36. The van der Waals surface area contributed by atoms with Crippen molar-refractivity contribution in [1.29, 1.82) is 0 Å². The lowest BCUT2D eigenvalue weighted by Crippen LogP contribution is -2.43. The molecule has 1 heterocycles. The van der Waals surface area contributed by atoms with Crippen LogP contribution in [0.25, 0.3) is 0 Å². The molecule has 0 radical (unpaired) electrons. The van der Waals surface area contributed by atoms with E-state index in [1.54, 1.807) is 20.8 Å². The summed E-state index contributed by atoms with van der Waals surface area (Å²) in [4.78, 5) is 13.5. The normalized spacial score (nSPS) is 26.8. The van der Waals surface area contributed by atoms with Crippen LogP contribution in [0.3, 0.4) is 0 Å². The van der Waals surface area contributed by atoms with Gasteiger partial charge in [0.2, 0.25) is 0 Å².